The van der Waals surface area contributed by atoms with Crippen LogP contribution in [0.4, 0.5) is 0 Å². The van der Waals surface area contributed by atoms with Gasteiger partial charge >= 0.3 is 0 Å². The molecule has 0 bridgehead atoms. The zero-order chi connectivity index (χ0) is 13.7. The highest BCUT2D eigenvalue weighted by molar-refractivity contribution is 5.87. The van der Waals surface area contributed by atoms with Crippen LogP contribution < -0.4 is 5.32 Å². The number of ether oxygens (including phenoxy) is 1. The van der Waals surface area contributed by atoms with Crippen molar-refractivity contribution in [2.24, 2.45) is 0 Å². The molecule has 8 heteroatoms. The van der Waals surface area contributed by atoms with Crippen LogP contribution in [-0.2, 0) is 14.3 Å². The lowest BCUT2D eigenvalue weighted by Crippen LogP contribution is -2.41. The van der Waals surface area contributed by atoms with Crippen LogP contribution in [0, 0.1) is 0 Å². The van der Waals surface area contributed by atoms with E-state index in [1.807, 2.05) is 0 Å². The average Bonchev–Trinajstić information content (AvgIpc) is 2.67. The van der Waals surface area contributed by atoms with Crippen molar-refractivity contribution < 1.29 is 29.6 Å². The Bertz CT molecular complexity index is 334. The second kappa shape index (κ2) is 6.45. The summed E-state index contributed by atoms with van der Waals surface area (Å²) < 4.78 is 5.12. The van der Waals surface area contributed by atoms with E-state index in [2.05, 4.69) is 5.32 Å². The lowest BCUT2D eigenvalue weighted by atomic mass is 10.1. The van der Waals surface area contributed by atoms with E-state index in [0.29, 0.717) is 6.41 Å². The normalized spacial score (nSPS) is 31.6. The van der Waals surface area contributed by atoms with Gasteiger partial charge in [-0.2, -0.15) is 0 Å². The topological polar surface area (TPSA) is 119 Å². The molecule has 0 aromatic carbocycles. The van der Waals surface area contributed by atoms with E-state index in [-0.39, 0.29) is 0 Å². The third kappa shape index (κ3) is 3.05. The summed E-state index contributed by atoms with van der Waals surface area (Å²) in [7, 11) is 1.42. The third-order valence-corrected chi connectivity index (χ3v) is 2.58. The molecule has 2 amide bonds. The number of aliphatic hydroxyl groups is 3. The first kappa shape index (κ1) is 14.6. The third-order valence-electron chi connectivity index (χ3n) is 2.58. The number of nitrogens with one attached hydrogen (secondary N) is 1. The molecular formula is C10H16N2O6. The maximum Gasteiger partial charge on any atom is 0.245 e. The zero-order valence-corrected chi connectivity index (χ0v) is 9.76. The molecule has 1 heterocycles. The Morgan fingerprint density at radius 2 is 2.11 bits per heavy atom. The van der Waals surface area contributed by atoms with E-state index in [4.69, 9.17) is 9.84 Å². The standard InChI is InChI=1S/C10H16N2O6/c1-11-7(15)2-3-12(5-14)10-9(17)8(16)6(4-13)18-10/h2-3,5-6,8-10,13,16-17H,4H2,1H3,(H,11,15)/b3-2-. The molecule has 4 unspecified atom stereocenters. The predicted octanol–water partition coefficient (Wildman–Crippen LogP) is -2.86. The second-order valence-electron chi connectivity index (χ2n) is 3.71. The second-order valence-corrected chi connectivity index (χ2v) is 3.71. The molecule has 1 fully saturated rings. The van der Waals surface area contributed by atoms with Crippen LogP contribution >= 0.6 is 0 Å². The Morgan fingerprint density at radius 3 is 2.56 bits per heavy atom. The maximum atomic E-state index is 11.0. The van der Waals surface area contributed by atoms with Crippen molar-refractivity contribution in [3.8, 4) is 0 Å². The van der Waals surface area contributed by atoms with E-state index in [0.717, 1.165) is 17.2 Å². The first-order valence-corrected chi connectivity index (χ1v) is 5.30. The minimum atomic E-state index is -1.36. The van der Waals surface area contributed by atoms with Gasteiger partial charge in [-0.25, -0.2) is 0 Å². The van der Waals surface area contributed by atoms with Gasteiger partial charge in [0.05, 0.1) is 6.61 Å². The van der Waals surface area contributed by atoms with Crippen LogP contribution in [0.3, 0.4) is 0 Å². The fraction of sp³-hybridized carbons (Fsp3) is 0.600. The van der Waals surface area contributed by atoms with Crippen LogP contribution in [0.25, 0.3) is 0 Å². The summed E-state index contributed by atoms with van der Waals surface area (Å²) in [5.74, 6) is -0.436. The Labute approximate surface area is 103 Å². The molecule has 8 nitrogen and oxygen atoms in total. The molecular weight excluding hydrogens is 244 g/mol. The minimum absolute atomic E-state index is 0.347. The zero-order valence-electron chi connectivity index (χ0n) is 9.76. The predicted molar refractivity (Wildman–Crippen MR) is 58.9 cm³/mol. The monoisotopic (exact) mass is 260 g/mol. The molecule has 4 atom stereocenters. The summed E-state index contributed by atoms with van der Waals surface area (Å²) in [6, 6.07) is 0. The number of carbonyl (C=O) groups excluding carboxylic acids is 2. The van der Waals surface area contributed by atoms with Crippen LogP contribution in [0.2, 0.25) is 0 Å². The van der Waals surface area contributed by atoms with Crippen LogP contribution in [0.15, 0.2) is 12.3 Å². The molecule has 1 aliphatic rings. The van der Waals surface area contributed by atoms with Crippen LogP contribution in [0.5, 0.6) is 0 Å². The van der Waals surface area contributed by atoms with Crippen LogP contribution in [-0.4, -0.2) is 70.7 Å². The van der Waals surface area contributed by atoms with Crippen molar-refractivity contribution in [2.75, 3.05) is 13.7 Å². The van der Waals surface area contributed by atoms with E-state index in [1.54, 1.807) is 0 Å². The highest BCUT2D eigenvalue weighted by atomic mass is 16.6. The molecule has 4 N–H and O–H groups in total. The molecule has 1 saturated heterocycles. The Kier molecular flexibility index (Phi) is 5.23. The molecule has 1 aliphatic heterocycles. The van der Waals surface area contributed by atoms with Crippen molar-refractivity contribution in [1.82, 2.24) is 10.2 Å². The van der Waals surface area contributed by atoms with Crippen LogP contribution in [0.1, 0.15) is 0 Å². The number of aliphatic hydroxyl groups excluding tert-OH is 3. The molecule has 0 aliphatic carbocycles. The lowest BCUT2D eigenvalue weighted by Gasteiger charge is -2.23. The number of likely N-dealkylation sites (N-methyl/N-ethyl adjacent to an activating group) is 1. The SMILES string of the molecule is CNC(=O)/C=C\N(C=O)C1OC(CO)C(O)C1O. The van der Waals surface area contributed by atoms with Gasteiger partial charge in [-0.05, 0) is 0 Å². The summed E-state index contributed by atoms with van der Waals surface area (Å²) in [6.07, 6.45) is -2.23. The fourth-order valence-electron chi connectivity index (χ4n) is 1.54. The Morgan fingerprint density at radius 1 is 1.44 bits per heavy atom. The van der Waals surface area contributed by atoms with Gasteiger partial charge < -0.3 is 25.4 Å². The maximum absolute atomic E-state index is 11.0. The lowest BCUT2D eigenvalue weighted by molar-refractivity contribution is -0.132. The highest BCUT2D eigenvalue weighted by Gasteiger charge is 2.44. The first-order chi connectivity index (χ1) is 8.54. The van der Waals surface area contributed by atoms with Gasteiger partial charge in [-0.1, -0.05) is 0 Å². The summed E-state index contributed by atoms with van der Waals surface area (Å²) in [6.45, 7) is -0.486. The first-order valence-electron chi connectivity index (χ1n) is 5.30. The van der Waals surface area contributed by atoms with Crippen molar-refractivity contribution >= 4 is 12.3 Å². The molecule has 1 rings (SSSR count). The van der Waals surface area contributed by atoms with E-state index >= 15 is 0 Å². The van der Waals surface area contributed by atoms with Crippen molar-refractivity contribution in [3.63, 3.8) is 0 Å². The number of hydrogen-bond acceptors (Lipinski definition) is 6. The molecule has 0 radical (unpaired) electrons. The summed E-state index contributed by atoms with van der Waals surface area (Å²) in [5.41, 5.74) is 0. The van der Waals surface area contributed by atoms with Gasteiger partial charge in [0.25, 0.3) is 0 Å². The van der Waals surface area contributed by atoms with E-state index in [9.17, 15) is 19.8 Å². The minimum Gasteiger partial charge on any atom is -0.394 e. The van der Waals surface area contributed by atoms with Crippen molar-refractivity contribution in [2.45, 2.75) is 24.5 Å². The summed E-state index contributed by atoms with van der Waals surface area (Å²) in [5, 5.41) is 30.4. The van der Waals surface area contributed by atoms with Gasteiger partial charge in [-0.3, -0.25) is 14.5 Å². The number of amides is 2. The fourth-order valence-corrected chi connectivity index (χ4v) is 1.54. The van der Waals surface area contributed by atoms with Gasteiger partial charge in [0.2, 0.25) is 12.3 Å². The largest absolute Gasteiger partial charge is 0.394 e. The van der Waals surface area contributed by atoms with E-state index in [1.165, 1.54) is 7.05 Å². The highest BCUT2D eigenvalue weighted by Crippen LogP contribution is 2.23. The van der Waals surface area contributed by atoms with E-state index < -0.39 is 37.1 Å². The molecule has 0 aromatic heterocycles. The number of nitrogens with zero attached hydrogens (tertiary/aromatic N) is 1. The molecule has 0 spiro atoms. The number of carbonyl (C=O) groups is 2. The van der Waals surface area contributed by atoms with Gasteiger partial charge in [0.1, 0.15) is 18.3 Å². The summed E-state index contributed by atoms with van der Waals surface area (Å²) >= 11 is 0. The Balaban J connectivity index is 2.74. The summed E-state index contributed by atoms with van der Waals surface area (Å²) in [4.78, 5) is 22.7. The number of rotatable bonds is 5. The van der Waals surface area contributed by atoms with Crippen molar-refractivity contribution in [3.05, 3.63) is 12.3 Å². The van der Waals surface area contributed by atoms with Gasteiger partial charge in [-0.15, -0.1) is 0 Å². The van der Waals surface area contributed by atoms with Gasteiger partial charge in [0.15, 0.2) is 6.23 Å². The average molecular weight is 260 g/mol. The Hall–Kier alpha value is -1.48. The van der Waals surface area contributed by atoms with Crippen molar-refractivity contribution in [1.29, 1.82) is 0 Å². The smallest absolute Gasteiger partial charge is 0.245 e. The molecule has 0 aromatic rings. The molecule has 18 heavy (non-hydrogen) atoms. The van der Waals surface area contributed by atoms with Gasteiger partial charge in [0, 0.05) is 19.3 Å². The molecule has 102 valence electrons. The number of hydrogen-bond donors (Lipinski definition) is 4. The quantitative estimate of drug-likeness (QED) is 0.312. The molecule has 0 saturated carbocycles.